The Labute approximate surface area is 88.4 Å². The summed E-state index contributed by atoms with van der Waals surface area (Å²) in [6.45, 7) is 9.74. The topological polar surface area (TPSA) is 21.3 Å². The van der Waals surface area contributed by atoms with Crippen molar-refractivity contribution in [3.05, 3.63) is 0 Å². The molecule has 0 amide bonds. The molecule has 0 bridgehead atoms. The Balaban J connectivity index is 1.99. The second kappa shape index (κ2) is 5.72. The lowest BCUT2D eigenvalue weighted by molar-refractivity contribution is 0.104. The van der Waals surface area contributed by atoms with Crippen molar-refractivity contribution in [2.75, 3.05) is 19.8 Å². The SMILES string of the molecule is CCCOCCC(C)(C)CNC1CC1. The van der Waals surface area contributed by atoms with Crippen LogP contribution < -0.4 is 5.32 Å². The summed E-state index contributed by atoms with van der Waals surface area (Å²) >= 11 is 0. The van der Waals surface area contributed by atoms with Gasteiger partial charge in [0.05, 0.1) is 0 Å². The Kier molecular flexibility index (Phi) is 4.90. The highest BCUT2D eigenvalue weighted by Crippen LogP contribution is 2.23. The number of rotatable bonds is 8. The number of hydrogen-bond acceptors (Lipinski definition) is 2. The van der Waals surface area contributed by atoms with Crippen LogP contribution >= 0.6 is 0 Å². The van der Waals surface area contributed by atoms with Gasteiger partial charge in [0.1, 0.15) is 0 Å². The summed E-state index contributed by atoms with van der Waals surface area (Å²) in [6, 6.07) is 0.825. The quantitative estimate of drug-likeness (QED) is 0.607. The molecule has 0 radical (unpaired) electrons. The third-order valence-electron chi connectivity index (χ3n) is 2.72. The molecule has 0 heterocycles. The lowest BCUT2D eigenvalue weighted by Crippen LogP contribution is -2.31. The minimum atomic E-state index is 0.385. The van der Waals surface area contributed by atoms with Crippen molar-refractivity contribution in [1.29, 1.82) is 0 Å². The Bertz CT molecular complexity index is 152. The van der Waals surface area contributed by atoms with E-state index in [1.807, 2.05) is 0 Å². The first-order chi connectivity index (χ1) is 6.64. The summed E-state index contributed by atoms with van der Waals surface area (Å²) in [5.41, 5.74) is 0.385. The average molecular weight is 199 g/mol. The number of hydrogen-bond donors (Lipinski definition) is 1. The molecule has 0 unspecified atom stereocenters. The first-order valence-electron chi connectivity index (χ1n) is 5.95. The van der Waals surface area contributed by atoms with Crippen molar-refractivity contribution in [1.82, 2.24) is 5.32 Å². The van der Waals surface area contributed by atoms with Gasteiger partial charge in [0.2, 0.25) is 0 Å². The molecule has 0 aromatic heterocycles. The van der Waals surface area contributed by atoms with Gasteiger partial charge in [-0.25, -0.2) is 0 Å². The van der Waals surface area contributed by atoms with E-state index in [-0.39, 0.29) is 0 Å². The maximum absolute atomic E-state index is 5.51. The maximum atomic E-state index is 5.51. The van der Waals surface area contributed by atoms with E-state index in [2.05, 4.69) is 26.1 Å². The predicted octanol–water partition coefficient (Wildman–Crippen LogP) is 2.58. The van der Waals surface area contributed by atoms with Gasteiger partial charge >= 0.3 is 0 Å². The molecular weight excluding hydrogens is 174 g/mol. The minimum Gasteiger partial charge on any atom is -0.381 e. The molecule has 1 rings (SSSR count). The second-order valence-corrected chi connectivity index (χ2v) is 5.18. The molecule has 0 saturated heterocycles. The van der Waals surface area contributed by atoms with Crippen molar-refractivity contribution in [3.63, 3.8) is 0 Å². The van der Waals surface area contributed by atoms with Crippen molar-refractivity contribution >= 4 is 0 Å². The highest BCUT2D eigenvalue weighted by molar-refractivity contribution is 4.83. The van der Waals surface area contributed by atoms with Crippen molar-refractivity contribution in [3.8, 4) is 0 Å². The van der Waals surface area contributed by atoms with Crippen LogP contribution in [0.25, 0.3) is 0 Å². The molecule has 1 fully saturated rings. The standard InChI is InChI=1S/C12H25NO/c1-4-8-14-9-7-12(2,3)10-13-11-5-6-11/h11,13H,4-10H2,1-3H3. The summed E-state index contributed by atoms with van der Waals surface area (Å²) in [5, 5.41) is 3.58. The van der Waals surface area contributed by atoms with Gasteiger partial charge < -0.3 is 10.1 Å². The van der Waals surface area contributed by atoms with Crippen LogP contribution in [0.4, 0.5) is 0 Å². The molecule has 1 aliphatic carbocycles. The third-order valence-corrected chi connectivity index (χ3v) is 2.72. The molecule has 1 saturated carbocycles. The highest BCUT2D eigenvalue weighted by Gasteiger charge is 2.24. The van der Waals surface area contributed by atoms with Gasteiger partial charge in [-0.2, -0.15) is 0 Å². The molecule has 0 spiro atoms. The fourth-order valence-electron chi connectivity index (χ4n) is 1.39. The van der Waals surface area contributed by atoms with Gasteiger partial charge in [0.15, 0.2) is 0 Å². The van der Waals surface area contributed by atoms with Crippen LogP contribution in [0.5, 0.6) is 0 Å². The largest absolute Gasteiger partial charge is 0.381 e. The zero-order valence-electron chi connectivity index (χ0n) is 9.94. The zero-order valence-corrected chi connectivity index (χ0v) is 9.94. The first kappa shape index (κ1) is 12.0. The Morgan fingerprint density at radius 2 is 2.00 bits per heavy atom. The normalized spacial score (nSPS) is 17.4. The maximum Gasteiger partial charge on any atom is 0.0471 e. The second-order valence-electron chi connectivity index (χ2n) is 5.18. The van der Waals surface area contributed by atoms with Gasteiger partial charge in [-0.05, 0) is 31.1 Å². The molecule has 84 valence electrons. The molecular formula is C12H25NO. The summed E-state index contributed by atoms with van der Waals surface area (Å²) in [7, 11) is 0. The minimum absolute atomic E-state index is 0.385. The summed E-state index contributed by atoms with van der Waals surface area (Å²) in [4.78, 5) is 0. The molecule has 0 aliphatic heterocycles. The Hall–Kier alpha value is -0.0800. The molecule has 2 nitrogen and oxygen atoms in total. The van der Waals surface area contributed by atoms with Crippen LogP contribution in [-0.2, 0) is 4.74 Å². The van der Waals surface area contributed by atoms with Crippen LogP contribution in [0.2, 0.25) is 0 Å². The Morgan fingerprint density at radius 1 is 1.29 bits per heavy atom. The summed E-state index contributed by atoms with van der Waals surface area (Å²) in [6.07, 6.45) is 5.04. The van der Waals surface area contributed by atoms with E-state index < -0.39 is 0 Å². The van der Waals surface area contributed by atoms with Crippen molar-refractivity contribution < 1.29 is 4.74 Å². The van der Waals surface area contributed by atoms with Crippen LogP contribution in [-0.4, -0.2) is 25.8 Å². The lowest BCUT2D eigenvalue weighted by Gasteiger charge is -2.24. The van der Waals surface area contributed by atoms with Crippen LogP contribution in [0.1, 0.15) is 46.5 Å². The fraction of sp³-hybridized carbons (Fsp3) is 1.00. The van der Waals surface area contributed by atoms with Gasteiger partial charge in [0, 0.05) is 25.8 Å². The van der Waals surface area contributed by atoms with Crippen LogP contribution in [0, 0.1) is 5.41 Å². The fourth-order valence-corrected chi connectivity index (χ4v) is 1.39. The van der Waals surface area contributed by atoms with Gasteiger partial charge in [0.25, 0.3) is 0 Å². The lowest BCUT2D eigenvalue weighted by atomic mass is 9.90. The van der Waals surface area contributed by atoms with E-state index >= 15 is 0 Å². The van der Waals surface area contributed by atoms with E-state index in [1.165, 1.54) is 12.8 Å². The highest BCUT2D eigenvalue weighted by atomic mass is 16.5. The van der Waals surface area contributed by atoms with Gasteiger partial charge in [-0.3, -0.25) is 0 Å². The van der Waals surface area contributed by atoms with E-state index in [9.17, 15) is 0 Å². The van der Waals surface area contributed by atoms with E-state index in [0.29, 0.717) is 5.41 Å². The molecule has 0 atom stereocenters. The summed E-state index contributed by atoms with van der Waals surface area (Å²) < 4.78 is 5.51. The van der Waals surface area contributed by atoms with Crippen LogP contribution in [0.15, 0.2) is 0 Å². The van der Waals surface area contributed by atoms with Gasteiger partial charge in [-0.15, -0.1) is 0 Å². The molecule has 2 heteroatoms. The predicted molar refractivity (Wildman–Crippen MR) is 60.5 cm³/mol. The van der Waals surface area contributed by atoms with Crippen molar-refractivity contribution in [2.24, 2.45) is 5.41 Å². The monoisotopic (exact) mass is 199 g/mol. The Morgan fingerprint density at radius 3 is 2.57 bits per heavy atom. The van der Waals surface area contributed by atoms with E-state index in [1.54, 1.807) is 0 Å². The van der Waals surface area contributed by atoms with Crippen LogP contribution in [0.3, 0.4) is 0 Å². The molecule has 1 N–H and O–H groups in total. The molecule has 14 heavy (non-hydrogen) atoms. The molecule has 0 aromatic rings. The van der Waals surface area contributed by atoms with E-state index in [0.717, 1.165) is 38.6 Å². The van der Waals surface area contributed by atoms with Gasteiger partial charge in [-0.1, -0.05) is 20.8 Å². The molecule has 1 aliphatic rings. The molecule has 0 aromatic carbocycles. The average Bonchev–Trinajstić information content (AvgIpc) is 2.93. The zero-order chi connectivity index (χ0) is 10.4. The third kappa shape index (κ3) is 5.61. The summed E-state index contributed by atoms with van der Waals surface area (Å²) in [5.74, 6) is 0. The van der Waals surface area contributed by atoms with E-state index in [4.69, 9.17) is 4.74 Å². The first-order valence-corrected chi connectivity index (χ1v) is 5.95. The number of nitrogens with one attached hydrogen (secondary N) is 1. The van der Waals surface area contributed by atoms with Crippen molar-refractivity contribution in [2.45, 2.75) is 52.5 Å². The number of ether oxygens (including phenoxy) is 1. The smallest absolute Gasteiger partial charge is 0.0471 e.